The number of hydrogen-bond acceptors (Lipinski definition) is 4. The number of hydrogen-bond donors (Lipinski definition) is 1. The monoisotopic (exact) mass is 283 g/mol. The van der Waals surface area contributed by atoms with Crippen molar-refractivity contribution < 1.29 is 12.8 Å². The summed E-state index contributed by atoms with van der Waals surface area (Å²) in [6.45, 7) is 1.14. The number of nitriles is 1. The van der Waals surface area contributed by atoms with Gasteiger partial charge in [0.2, 0.25) is 10.0 Å². The minimum Gasteiger partial charge on any atom is -0.313 e. The predicted molar refractivity (Wildman–Crippen MR) is 68.0 cm³/mol. The lowest BCUT2D eigenvalue weighted by atomic mass is 10.2. The highest BCUT2D eigenvalue weighted by molar-refractivity contribution is 7.88. The number of rotatable bonds is 3. The van der Waals surface area contributed by atoms with Crippen molar-refractivity contribution in [2.75, 3.05) is 19.6 Å². The topological polar surface area (TPSA) is 73.2 Å². The summed E-state index contributed by atoms with van der Waals surface area (Å²) in [5, 5.41) is 12.0. The molecule has 2 rings (SSSR count). The van der Waals surface area contributed by atoms with E-state index in [0.29, 0.717) is 18.7 Å². The van der Waals surface area contributed by atoms with Gasteiger partial charge in [-0.1, -0.05) is 12.1 Å². The highest BCUT2D eigenvalue weighted by Gasteiger charge is 2.32. The molecule has 7 heteroatoms. The van der Waals surface area contributed by atoms with E-state index in [1.54, 1.807) is 0 Å². The summed E-state index contributed by atoms with van der Waals surface area (Å²) in [4.78, 5) is 0. The van der Waals surface area contributed by atoms with Crippen LogP contribution >= 0.6 is 0 Å². The molecule has 19 heavy (non-hydrogen) atoms. The lowest BCUT2D eigenvalue weighted by molar-refractivity contribution is 0.311. The largest absolute Gasteiger partial charge is 0.313 e. The second-order valence-corrected chi connectivity index (χ2v) is 6.26. The minimum atomic E-state index is -3.56. The first-order valence-corrected chi connectivity index (χ1v) is 7.48. The first-order chi connectivity index (χ1) is 9.03. The van der Waals surface area contributed by atoms with Gasteiger partial charge in [-0.25, -0.2) is 12.8 Å². The highest BCUT2D eigenvalue weighted by atomic mass is 32.2. The third kappa shape index (κ3) is 3.29. The predicted octanol–water partition coefficient (Wildman–Crippen LogP) is 0.453. The molecule has 1 aliphatic heterocycles. The van der Waals surface area contributed by atoms with Gasteiger partial charge in [0.25, 0.3) is 0 Å². The fraction of sp³-hybridized carbons (Fsp3) is 0.417. The molecule has 1 heterocycles. The van der Waals surface area contributed by atoms with E-state index in [0.717, 1.165) is 0 Å². The zero-order valence-corrected chi connectivity index (χ0v) is 11.0. The Balaban J connectivity index is 2.17. The highest BCUT2D eigenvalue weighted by Crippen LogP contribution is 2.15. The summed E-state index contributed by atoms with van der Waals surface area (Å²) in [6, 6.07) is 6.63. The van der Waals surface area contributed by atoms with Crippen LogP contribution in [0.25, 0.3) is 0 Å². The average molecular weight is 283 g/mol. The van der Waals surface area contributed by atoms with Crippen molar-refractivity contribution in [3.05, 3.63) is 35.6 Å². The molecule has 102 valence electrons. The smallest absolute Gasteiger partial charge is 0.219 e. The number of sulfonamides is 1. The molecule has 0 amide bonds. The van der Waals surface area contributed by atoms with Crippen LogP contribution in [0, 0.1) is 17.1 Å². The van der Waals surface area contributed by atoms with E-state index in [1.165, 1.54) is 28.6 Å². The van der Waals surface area contributed by atoms with Gasteiger partial charge in [-0.2, -0.15) is 9.57 Å². The molecular weight excluding hydrogens is 269 g/mol. The normalized spacial score (nSPS) is 20.9. The van der Waals surface area contributed by atoms with Gasteiger partial charge in [-0.3, -0.25) is 0 Å². The Hall–Kier alpha value is -1.49. The van der Waals surface area contributed by atoms with E-state index in [-0.39, 0.29) is 12.3 Å². The summed E-state index contributed by atoms with van der Waals surface area (Å²) in [5.41, 5.74) is 0.511. The van der Waals surface area contributed by atoms with Gasteiger partial charge in [0, 0.05) is 19.6 Å². The standard InChI is InChI=1S/C12H14FN3O2S/c13-11-3-1-10(2-4-11)9-19(17,18)16-6-5-15-8-12(16)7-14/h1-4,12,15H,5-6,8-9H2. The molecule has 1 fully saturated rings. The van der Waals surface area contributed by atoms with Gasteiger partial charge < -0.3 is 5.32 Å². The van der Waals surface area contributed by atoms with E-state index >= 15 is 0 Å². The molecule has 1 aromatic rings. The van der Waals surface area contributed by atoms with Crippen LogP contribution in [0.3, 0.4) is 0 Å². The van der Waals surface area contributed by atoms with Crippen LogP contribution in [0.2, 0.25) is 0 Å². The second kappa shape index (κ2) is 5.65. The van der Waals surface area contributed by atoms with Gasteiger partial charge in [0.05, 0.1) is 11.8 Å². The lowest BCUT2D eigenvalue weighted by Crippen LogP contribution is -2.53. The summed E-state index contributed by atoms with van der Waals surface area (Å²) in [5.74, 6) is -0.621. The molecule has 0 spiro atoms. The maximum absolute atomic E-state index is 12.8. The molecular formula is C12H14FN3O2S. The van der Waals surface area contributed by atoms with E-state index in [2.05, 4.69) is 5.32 Å². The minimum absolute atomic E-state index is 0.217. The molecule has 1 aliphatic rings. The molecule has 0 aliphatic carbocycles. The van der Waals surface area contributed by atoms with Crippen LogP contribution in [0.15, 0.2) is 24.3 Å². The summed E-state index contributed by atoms with van der Waals surface area (Å²) < 4.78 is 38.5. The number of nitrogens with zero attached hydrogens (tertiary/aromatic N) is 2. The van der Waals surface area contributed by atoms with Crippen LogP contribution in [0.4, 0.5) is 4.39 Å². The van der Waals surface area contributed by atoms with Gasteiger partial charge in [-0.05, 0) is 17.7 Å². The number of piperazine rings is 1. The van der Waals surface area contributed by atoms with E-state index in [9.17, 15) is 12.8 Å². The SMILES string of the molecule is N#CC1CNCCN1S(=O)(=O)Cc1ccc(F)cc1. The Kier molecular flexibility index (Phi) is 4.14. The quantitative estimate of drug-likeness (QED) is 0.874. The van der Waals surface area contributed by atoms with Crippen LogP contribution < -0.4 is 5.32 Å². The Morgan fingerprint density at radius 2 is 2.11 bits per heavy atom. The Morgan fingerprint density at radius 1 is 1.42 bits per heavy atom. The van der Waals surface area contributed by atoms with Gasteiger partial charge in [-0.15, -0.1) is 0 Å². The van der Waals surface area contributed by atoms with Crippen molar-refractivity contribution in [3.8, 4) is 6.07 Å². The maximum Gasteiger partial charge on any atom is 0.219 e. The first kappa shape index (κ1) is 13.9. The molecule has 1 atom stereocenters. The van der Waals surface area contributed by atoms with Crippen molar-refractivity contribution in [2.24, 2.45) is 0 Å². The van der Waals surface area contributed by atoms with Crippen molar-refractivity contribution in [3.63, 3.8) is 0 Å². The fourth-order valence-electron chi connectivity index (χ4n) is 2.00. The van der Waals surface area contributed by atoms with Gasteiger partial charge in [0.1, 0.15) is 11.9 Å². The van der Waals surface area contributed by atoms with Crippen molar-refractivity contribution in [2.45, 2.75) is 11.8 Å². The molecule has 0 bridgehead atoms. The fourth-order valence-corrected chi connectivity index (χ4v) is 3.66. The van der Waals surface area contributed by atoms with E-state index in [1.807, 2.05) is 6.07 Å². The van der Waals surface area contributed by atoms with E-state index in [4.69, 9.17) is 5.26 Å². The molecule has 1 aromatic carbocycles. The first-order valence-electron chi connectivity index (χ1n) is 5.87. The third-order valence-corrected chi connectivity index (χ3v) is 4.81. The van der Waals surface area contributed by atoms with Crippen LogP contribution in [0.1, 0.15) is 5.56 Å². The molecule has 0 aromatic heterocycles. The van der Waals surface area contributed by atoms with E-state index < -0.39 is 21.9 Å². The van der Waals surface area contributed by atoms with Crippen molar-refractivity contribution >= 4 is 10.0 Å². The zero-order valence-electron chi connectivity index (χ0n) is 10.2. The molecule has 1 N–H and O–H groups in total. The molecule has 0 radical (unpaired) electrons. The second-order valence-electron chi connectivity index (χ2n) is 4.34. The zero-order chi connectivity index (χ0) is 13.9. The van der Waals surface area contributed by atoms with Crippen molar-refractivity contribution in [1.82, 2.24) is 9.62 Å². The lowest BCUT2D eigenvalue weighted by Gasteiger charge is -2.30. The van der Waals surface area contributed by atoms with Crippen LogP contribution in [-0.2, 0) is 15.8 Å². The Bertz CT molecular complexity index is 580. The maximum atomic E-state index is 12.8. The van der Waals surface area contributed by atoms with Crippen molar-refractivity contribution in [1.29, 1.82) is 5.26 Å². The molecule has 1 saturated heterocycles. The Labute approximate surface area is 111 Å². The molecule has 5 nitrogen and oxygen atoms in total. The molecule has 0 saturated carbocycles. The summed E-state index contributed by atoms with van der Waals surface area (Å²) in [7, 11) is -3.56. The van der Waals surface area contributed by atoms with Gasteiger partial charge in [0.15, 0.2) is 0 Å². The number of halogens is 1. The third-order valence-electron chi connectivity index (χ3n) is 2.96. The Morgan fingerprint density at radius 3 is 2.74 bits per heavy atom. The van der Waals surface area contributed by atoms with Crippen LogP contribution in [0.5, 0.6) is 0 Å². The summed E-state index contributed by atoms with van der Waals surface area (Å²) in [6.07, 6.45) is 0. The average Bonchev–Trinajstić information content (AvgIpc) is 2.41. The summed E-state index contributed by atoms with van der Waals surface area (Å²) >= 11 is 0. The number of nitrogens with one attached hydrogen (secondary N) is 1. The number of benzene rings is 1. The molecule has 1 unspecified atom stereocenters. The van der Waals surface area contributed by atoms with Gasteiger partial charge >= 0.3 is 0 Å². The van der Waals surface area contributed by atoms with Crippen LogP contribution in [-0.4, -0.2) is 38.4 Å².